The molecule has 0 aromatic heterocycles. The maximum Gasteiger partial charge on any atom is 0.0762 e. The Kier molecular flexibility index (Phi) is 4.23. The van der Waals surface area contributed by atoms with Crippen LogP contribution in [0.15, 0.2) is 18.2 Å². The SMILES string of the molecule is CC1CSCCN1c1ccc([C@H](C)O)cc1Cl. The van der Waals surface area contributed by atoms with Crippen molar-refractivity contribution in [2.75, 3.05) is 23.0 Å². The van der Waals surface area contributed by atoms with E-state index in [0.29, 0.717) is 6.04 Å². The summed E-state index contributed by atoms with van der Waals surface area (Å²) in [6, 6.07) is 6.37. The van der Waals surface area contributed by atoms with Crippen LogP contribution < -0.4 is 4.90 Å². The molecule has 1 aliphatic heterocycles. The van der Waals surface area contributed by atoms with Crippen LogP contribution in [-0.2, 0) is 0 Å². The van der Waals surface area contributed by atoms with E-state index in [2.05, 4.69) is 11.8 Å². The van der Waals surface area contributed by atoms with Crippen molar-refractivity contribution in [1.29, 1.82) is 0 Å². The highest BCUT2D eigenvalue weighted by molar-refractivity contribution is 7.99. The number of rotatable bonds is 2. The van der Waals surface area contributed by atoms with Crippen molar-refractivity contribution in [3.63, 3.8) is 0 Å². The molecule has 0 radical (unpaired) electrons. The van der Waals surface area contributed by atoms with Crippen LogP contribution in [-0.4, -0.2) is 29.2 Å². The summed E-state index contributed by atoms with van der Waals surface area (Å²) in [6.07, 6.45) is -0.462. The summed E-state index contributed by atoms with van der Waals surface area (Å²) in [5, 5.41) is 10.3. The van der Waals surface area contributed by atoms with E-state index >= 15 is 0 Å². The average molecular weight is 272 g/mol. The van der Waals surface area contributed by atoms with Gasteiger partial charge >= 0.3 is 0 Å². The van der Waals surface area contributed by atoms with Crippen molar-refractivity contribution in [3.8, 4) is 0 Å². The summed E-state index contributed by atoms with van der Waals surface area (Å²) in [5.74, 6) is 2.30. The van der Waals surface area contributed by atoms with Crippen molar-refractivity contribution in [2.24, 2.45) is 0 Å². The molecule has 1 N–H and O–H groups in total. The van der Waals surface area contributed by atoms with Gasteiger partial charge in [-0.25, -0.2) is 0 Å². The second kappa shape index (κ2) is 5.51. The van der Waals surface area contributed by atoms with Gasteiger partial charge in [-0.15, -0.1) is 0 Å². The Morgan fingerprint density at radius 2 is 2.29 bits per heavy atom. The Morgan fingerprint density at radius 1 is 1.53 bits per heavy atom. The van der Waals surface area contributed by atoms with Crippen molar-refractivity contribution >= 4 is 29.1 Å². The number of aliphatic hydroxyl groups excluding tert-OH is 1. The fourth-order valence-corrected chi connectivity index (χ4v) is 3.41. The lowest BCUT2D eigenvalue weighted by atomic mass is 10.1. The molecule has 2 rings (SSSR count). The maximum absolute atomic E-state index is 9.53. The minimum Gasteiger partial charge on any atom is -0.389 e. The molecule has 0 bridgehead atoms. The molecule has 17 heavy (non-hydrogen) atoms. The van der Waals surface area contributed by atoms with Gasteiger partial charge in [0.1, 0.15) is 0 Å². The molecule has 0 spiro atoms. The molecular weight excluding hydrogens is 254 g/mol. The second-order valence-electron chi connectivity index (χ2n) is 4.50. The van der Waals surface area contributed by atoms with E-state index in [4.69, 9.17) is 11.6 Å². The number of anilines is 1. The van der Waals surface area contributed by atoms with Gasteiger partial charge in [0.05, 0.1) is 16.8 Å². The summed E-state index contributed by atoms with van der Waals surface area (Å²) in [5.41, 5.74) is 1.96. The van der Waals surface area contributed by atoms with Crippen LogP contribution in [0.5, 0.6) is 0 Å². The number of hydrogen-bond acceptors (Lipinski definition) is 3. The van der Waals surface area contributed by atoms with Gasteiger partial charge in [-0.2, -0.15) is 11.8 Å². The lowest BCUT2D eigenvalue weighted by Gasteiger charge is -2.35. The molecule has 1 heterocycles. The fraction of sp³-hybridized carbons (Fsp3) is 0.538. The number of benzene rings is 1. The Bertz CT molecular complexity index is 397. The van der Waals surface area contributed by atoms with E-state index in [1.54, 1.807) is 6.92 Å². The fourth-order valence-electron chi connectivity index (χ4n) is 2.10. The Balaban J connectivity index is 2.26. The van der Waals surface area contributed by atoms with Crippen LogP contribution in [0.2, 0.25) is 5.02 Å². The average Bonchev–Trinajstić information content (AvgIpc) is 2.30. The highest BCUT2D eigenvalue weighted by Gasteiger charge is 2.21. The number of hydrogen-bond donors (Lipinski definition) is 1. The largest absolute Gasteiger partial charge is 0.389 e. The van der Waals surface area contributed by atoms with E-state index in [0.717, 1.165) is 34.3 Å². The van der Waals surface area contributed by atoms with E-state index in [-0.39, 0.29) is 0 Å². The zero-order chi connectivity index (χ0) is 12.4. The van der Waals surface area contributed by atoms with Gasteiger partial charge in [0.25, 0.3) is 0 Å². The third kappa shape index (κ3) is 2.90. The number of halogens is 1. The summed E-state index contributed by atoms with van der Waals surface area (Å²) < 4.78 is 0. The normalized spacial score (nSPS) is 22.6. The van der Waals surface area contributed by atoms with E-state index in [1.165, 1.54) is 0 Å². The minimum atomic E-state index is -0.462. The first kappa shape index (κ1) is 13.1. The highest BCUT2D eigenvalue weighted by Crippen LogP contribution is 2.32. The van der Waals surface area contributed by atoms with Crippen molar-refractivity contribution in [3.05, 3.63) is 28.8 Å². The first-order chi connectivity index (χ1) is 8.09. The molecule has 94 valence electrons. The summed E-state index contributed by atoms with van der Waals surface area (Å²) in [4.78, 5) is 2.35. The lowest BCUT2D eigenvalue weighted by Crippen LogP contribution is -2.40. The van der Waals surface area contributed by atoms with Crippen LogP contribution in [0.3, 0.4) is 0 Å². The van der Waals surface area contributed by atoms with Gasteiger partial charge in [-0.1, -0.05) is 17.7 Å². The van der Waals surface area contributed by atoms with E-state index < -0.39 is 6.10 Å². The zero-order valence-corrected chi connectivity index (χ0v) is 11.8. The lowest BCUT2D eigenvalue weighted by molar-refractivity contribution is 0.199. The first-order valence-electron chi connectivity index (χ1n) is 5.91. The molecule has 2 atom stereocenters. The van der Waals surface area contributed by atoms with Gasteiger partial charge < -0.3 is 10.0 Å². The highest BCUT2D eigenvalue weighted by atomic mass is 35.5. The third-order valence-electron chi connectivity index (χ3n) is 3.13. The summed E-state index contributed by atoms with van der Waals surface area (Å²) in [7, 11) is 0. The van der Waals surface area contributed by atoms with Crippen molar-refractivity contribution < 1.29 is 5.11 Å². The zero-order valence-electron chi connectivity index (χ0n) is 10.2. The molecule has 0 aliphatic carbocycles. The molecule has 1 unspecified atom stereocenters. The molecule has 1 fully saturated rings. The number of nitrogens with zero attached hydrogens (tertiary/aromatic N) is 1. The molecule has 0 amide bonds. The predicted octanol–water partition coefficient (Wildman–Crippen LogP) is 3.34. The standard InChI is InChI=1S/C13H18ClNOS/c1-9-8-17-6-5-15(9)13-4-3-11(10(2)16)7-12(13)14/h3-4,7,9-10,16H,5-6,8H2,1-2H3/t9?,10-/m0/s1. The molecule has 4 heteroatoms. The molecule has 1 aromatic carbocycles. The van der Waals surface area contributed by atoms with Crippen LogP contribution in [0.4, 0.5) is 5.69 Å². The number of aliphatic hydroxyl groups is 1. The molecule has 1 aromatic rings. The molecule has 0 saturated carbocycles. The Hall–Kier alpha value is -0.380. The smallest absolute Gasteiger partial charge is 0.0762 e. The predicted molar refractivity (Wildman–Crippen MR) is 76.2 cm³/mol. The molecule has 1 saturated heterocycles. The topological polar surface area (TPSA) is 23.5 Å². The summed E-state index contributed by atoms with van der Waals surface area (Å²) >= 11 is 8.30. The van der Waals surface area contributed by atoms with Crippen LogP contribution >= 0.6 is 23.4 Å². The second-order valence-corrected chi connectivity index (χ2v) is 6.06. The van der Waals surface area contributed by atoms with E-state index in [9.17, 15) is 5.11 Å². The van der Waals surface area contributed by atoms with Gasteiger partial charge in [0.15, 0.2) is 0 Å². The Labute approximate surface area is 112 Å². The summed E-state index contributed by atoms with van der Waals surface area (Å²) in [6.45, 7) is 5.02. The van der Waals surface area contributed by atoms with Crippen LogP contribution in [0.25, 0.3) is 0 Å². The van der Waals surface area contributed by atoms with Crippen LogP contribution in [0, 0.1) is 0 Å². The quantitative estimate of drug-likeness (QED) is 0.893. The maximum atomic E-state index is 9.53. The van der Waals surface area contributed by atoms with Gasteiger partial charge in [0.2, 0.25) is 0 Å². The Morgan fingerprint density at radius 3 is 2.88 bits per heavy atom. The van der Waals surface area contributed by atoms with Gasteiger partial charge in [-0.3, -0.25) is 0 Å². The first-order valence-corrected chi connectivity index (χ1v) is 7.44. The third-order valence-corrected chi connectivity index (χ3v) is 4.62. The monoisotopic (exact) mass is 271 g/mol. The van der Waals surface area contributed by atoms with Gasteiger partial charge in [0, 0.05) is 24.1 Å². The minimum absolute atomic E-state index is 0.462. The van der Waals surface area contributed by atoms with Crippen molar-refractivity contribution in [2.45, 2.75) is 26.0 Å². The van der Waals surface area contributed by atoms with E-state index in [1.807, 2.05) is 30.0 Å². The number of thioether (sulfide) groups is 1. The van der Waals surface area contributed by atoms with Crippen LogP contribution in [0.1, 0.15) is 25.5 Å². The molecule has 2 nitrogen and oxygen atoms in total. The molecule has 1 aliphatic rings. The van der Waals surface area contributed by atoms with Crippen molar-refractivity contribution in [1.82, 2.24) is 0 Å². The van der Waals surface area contributed by atoms with Gasteiger partial charge in [-0.05, 0) is 31.5 Å². The molecular formula is C13H18ClNOS.